The lowest BCUT2D eigenvalue weighted by molar-refractivity contribution is -0.181. The highest BCUT2D eigenvalue weighted by Crippen LogP contribution is 2.25. The van der Waals surface area contributed by atoms with Crippen molar-refractivity contribution in [3.8, 4) is 0 Å². The number of halogens is 4. The quantitative estimate of drug-likeness (QED) is 0.270. The van der Waals surface area contributed by atoms with Crippen molar-refractivity contribution in [1.82, 2.24) is 20.0 Å². The van der Waals surface area contributed by atoms with Gasteiger partial charge in [0.05, 0.1) is 0 Å². The van der Waals surface area contributed by atoms with Crippen LogP contribution in [0.3, 0.4) is 0 Å². The predicted octanol–water partition coefficient (Wildman–Crippen LogP) is 2.87. The number of likely N-dealkylation sites (tertiary alicyclic amines) is 1. The molecule has 1 unspecified atom stereocenters. The zero-order chi connectivity index (χ0) is 19.2. The first-order valence-corrected chi connectivity index (χ1v) is 9.80. The Hall–Kier alpha value is -0.290. The summed E-state index contributed by atoms with van der Waals surface area (Å²) in [5.41, 5.74) is 0. The van der Waals surface area contributed by atoms with Crippen LogP contribution in [0.5, 0.6) is 0 Å². The summed E-state index contributed by atoms with van der Waals surface area (Å²) in [5.74, 6) is 1.65. The first kappa shape index (κ1) is 24.7. The summed E-state index contributed by atoms with van der Waals surface area (Å²) in [4.78, 5) is 10.4. The SMILES string of the molecule is CN=C(NCCCN1CCC(C)CC1)N1CCN(C(C)C(F)(F)F)CC1.I. The Morgan fingerprint density at radius 1 is 1.11 bits per heavy atom. The van der Waals surface area contributed by atoms with E-state index in [1.165, 1.54) is 37.8 Å². The molecule has 160 valence electrons. The molecule has 2 rings (SSSR count). The van der Waals surface area contributed by atoms with Crippen molar-refractivity contribution in [3.63, 3.8) is 0 Å². The Balaban J connectivity index is 0.00000364. The van der Waals surface area contributed by atoms with Crippen LogP contribution in [-0.2, 0) is 0 Å². The molecule has 27 heavy (non-hydrogen) atoms. The lowest BCUT2D eigenvalue weighted by Gasteiger charge is -2.39. The maximum absolute atomic E-state index is 12.8. The highest BCUT2D eigenvalue weighted by molar-refractivity contribution is 14.0. The van der Waals surface area contributed by atoms with Gasteiger partial charge in [0.25, 0.3) is 0 Å². The van der Waals surface area contributed by atoms with E-state index in [0.717, 1.165) is 31.4 Å². The third-order valence-corrected chi connectivity index (χ3v) is 5.66. The molecule has 0 aliphatic carbocycles. The van der Waals surface area contributed by atoms with Gasteiger partial charge in [-0.25, -0.2) is 0 Å². The van der Waals surface area contributed by atoms with E-state index in [1.54, 1.807) is 7.05 Å². The molecule has 1 N–H and O–H groups in total. The number of hydrogen-bond acceptors (Lipinski definition) is 3. The van der Waals surface area contributed by atoms with Crippen LogP contribution in [0, 0.1) is 5.92 Å². The van der Waals surface area contributed by atoms with Gasteiger partial charge in [-0.05, 0) is 51.7 Å². The first-order valence-electron chi connectivity index (χ1n) is 9.80. The van der Waals surface area contributed by atoms with Crippen molar-refractivity contribution in [2.24, 2.45) is 10.9 Å². The Labute approximate surface area is 178 Å². The largest absolute Gasteiger partial charge is 0.403 e. The van der Waals surface area contributed by atoms with E-state index in [1.807, 2.05) is 0 Å². The molecule has 1 atom stereocenters. The molecular formula is C18H35F3IN5. The van der Waals surface area contributed by atoms with Gasteiger partial charge in [-0.15, -0.1) is 24.0 Å². The Morgan fingerprint density at radius 3 is 2.22 bits per heavy atom. The number of hydrogen-bond donors (Lipinski definition) is 1. The van der Waals surface area contributed by atoms with Crippen LogP contribution in [0.2, 0.25) is 0 Å². The molecule has 0 aromatic rings. The van der Waals surface area contributed by atoms with Gasteiger partial charge in [0.15, 0.2) is 5.96 Å². The molecular weight excluding hydrogens is 470 g/mol. The van der Waals surface area contributed by atoms with Crippen molar-refractivity contribution < 1.29 is 13.2 Å². The summed E-state index contributed by atoms with van der Waals surface area (Å²) in [6.07, 6.45) is -0.530. The number of rotatable bonds is 5. The van der Waals surface area contributed by atoms with Gasteiger partial charge in [-0.3, -0.25) is 9.89 Å². The van der Waals surface area contributed by atoms with E-state index < -0.39 is 12.2 Å². The van der Waals surface area contributed by atoms with Crippen LogP contribution < -0.4 is 5.32 Å². The third-order valence-electron chi connectivity index (χ3n) is 5.66. The van der Waals surface area contributed by atoms with Gasteiger partial charge in [0.1, 0.15) is 6.04 Å². The Kier molecular flexibility index (Phi) is 10.7. The average Bonchev–Trinajstić information content (AvgIpc) is 2.62. The monoisotopic (exact) mass is 505 g/mol. The molecule has 0 amide bonds. The average molecular weight is 505 g/mol. The molecule has 5 nitrogen and oxygen atoms in total. The molecule has 2 fully saturated rings. The van der Waals surface area contributed by atoms with E-state index in [2.05, 4.69) is 27.0 Å². The topological polar surface area (TPSA) is 34.1 Å². The number of nitrogens with one attached hydrogen (secondary N) is 1. The molecule has 9 heteroatoms. The van der Waals surface area contributed by atoms with Crippen molar-refractivity contribution in [2.45, 2.75) is 45.3 Å². The fraction of sp³-hybridized carbons (Fsp3) is 0.944. The molecule has 0 saturated carbocycles. The zero-order valence-electron chi connectivity index (χ0n) is 16.8. The molecule has 0 aromatic carbocycles. The zero-order valence-corrected chi connectivity index (χ0v) is 19.1. The molecule has 0 bridgehead atoms. The van der Waals surface area contributed by atoms with Gasteiger partial charge in [0.2, 0.25) is 0 Å². The van der Waals surface area contributed by atoms with Crippen molar-refractivity contribution in [1.29, 1.82) is 0 Å². The summed E-state index contributed by atoms with van der Waals surface area (Å²) >= 11 is 0. The Morgan fingerprint density at radius 2 is 1.70 bits per heavy atom. The minimum absolute atomic E-state index is 0. The molecule has 2 saturated heterocycles. The van der Waals surface area contributed by atoms with Crippen LogP contribution in [-0.4, -0.2) is 92.3 Å². The van der Waals surface area contributed by atoms with Crippen molar-refractivity contribution in [2.75, 3.05) is 59.4 Å². The predicted molar refractivity (Wildman–Crippen MR) is 115 cm³/mol. The second kappa shape index (κ2) is 11.6. The van der Waals surface area contributed by atoms with Gasteiger partial charge >= 0.3 is 6.18 Å². The smallest absolute Gasteiger partial charge is 0.356 e. The Bertz CT molecular complexity index is 445. The molecule has 0 spiro atoms. The van der Waals surface area contributed by atoms with Gasteiger partial charge < -0.3 is 15.1 Å². The summed E-state index contributed by atoms with van der Waals surface area (Å²) in [7, 11) is 1.74. The number of aliphatic imine (C=N–C) groups is 1. The molecule has 2 aliphatic heterocycles. The number of piperazine rings is 1. The van der Waals surface area contributed by atoms with E-state index in [0.29, 0.717) is 26.2 Å². The normalized spacial score (nSPS) is 22.4. The molecule has 0 aromatic heterocycles. The highest BCUT2D eigenvalue weighted by atomic mass is 127. The van der Waals surface area contributed by atoms with Gasteiger partial charge in [-0.2, -0.15) is 13.2 Å². The second-order valence-corrected chi connectivity index (χ2v) is 7.59. The maximum atomic E-state index is 12.8. The standard InChI is InChI=1S/C18H34F3N5.HI/c1-15-5-9-24(10-6-15)8-4-7-23-17(22-3)26-13-11-25(12-14-26)16(2)18(19,20)21;/h15-16H,4-14H2,1-3H3,(H,22,23);1H. The van der Waals surface area contributed by atoms with Gasteiger partial charge in [0, 0.05) is 39.8 Å². The lowest BCUT2D eigenvalue weighted by atomic mass is 9.99. The summed E-state index contributed by atoms with van der Waals surface area (Å²) < 4.78 is 38.5. The minimum atomic E-state index is -4.16. The van der Waals surface area contributed by atoms with Crippen LogP contribution in [0.15, 0.2) is 4.99 Å². The molecule has 2 aliphatic rings. The van der Waals surface area contributed by atoms with Gasteiger partial charge in [-0.1, -0.05) is 6.92 Å². The number of nitrogens with zero attached hydrogens (tertiary/aromatic N) is 4. The number of alkyl halides is 3. The highest BCUT2D eigenvalue weighted by Gasteiger charge is 2.41. The van der Waals surface area contributed by atoms with E-state index in [9.17, 15) is 13.2 Å². The van der Waals surface area contributed by atoms with E-state index >= 15 is 0 Å². The lowest BCUT2D eigenvalue weighted by Crippen LogP contribution is -2.56. The summed E-state index contributed by atoms with van der Waals surface area (Å²) in [5, 5.41) is 3.37. The number of guanidine groups is 1. The fourth-order valence-electron chi connectivity index (χ4n) is 3.65. The minimum Gasteiger partial charge on any atom is -0.356 e. The summed E-state index contributed by atoms with van der Waals surface area (Å²) in [6, 6.07) is -1.38. The fourth-order valence-corrected chi connectivity index (χ4v) is 3.65. The van der Waals surface area contributed by atoms with E-state index in [4.69, 9.17) is 0 Å². The van der Waals surface area contributed by atoms with Crippen LogP contribution in [0.25, 0.3) is 0 Å². The molecule has 2 heterocycles. The van der Waals surface area contributed by atoms with Crippen molar-refractivity contribution in [3.05, 3.63) is 0 Å². The summed E-state index contributed by atoms with van der Waals surface area (Å²) in [6.45, 7) is 9.84. The van der Waals surface area contributed by atoms with Crippen LogP contribution >= 0.6 is 24.0 Å². The first-order chi connectivity index (χ1) is 12.3. The molecule has 0 radical (unpaired) electrons. The van der Waals surface area contributed by atoms with E-state index in [-0.39, 0.29) is 24.0 Å². The van der Waals surface area contributed by atoms with Crippen LogP contribution in [0.1, 0.15) is 33.1 Å². The maximum Gasteiger partial charge on any atom is 0.403 e. The van der Waals surface area contributed by atoms with Crippen molar-refractivity contribution >= 4 is 29.9 Å². The third kappa shape index (κ3) is 7.92. The van der Waals surface area contributed by atoms with Crippen LogP contribution in [0.4, 0.5) is 13.2 Å². The number of piperidine rings is 1. The second-order valence-electron chi connectivity index (χ2n) is 7.59.